The summed E-state index contributed by atoms with van der Waals surface area (Å²) in [6.45, 7) is 4.02. The predicted molar refractivity (Wildman–Crippen MR) is 82.6 cm³/mol. The summed E-state index contributed by atoms with van der Waals surface area (Å²) in [6, 6.07) is 0. The number of hydrogen-bond acceptors (Lipinski definition) is 3. The van der Waals surface area contributed by atoms with Gasteiger partial charge in [-0.2, -0.15) is 0 Å². The van der Waals surface area contributed by atoms with E-state index in [2.05, 4.69) is 29.9 Å². The van der Waals surface area contributed by atoms with Gasteiger partial charge >= 0.3 is 0 Å². The number of unbranched alkanes of at least 4 members (excludes halogenated alkanes) is 1. The van der Waals surface area contributed by atoms with Gasteiger partial charge in [0, 0.05) is 18.7 Å². The van der Waals surface area contributed by atoms with Crippen molar-refractivity contribution in [2.45, 2.75) is 45.4 Å². The zero-order valence-corrected chi connectivity index (χ0v) is 12.6. The summed E-state index contributed by atoms with van der Waals surface area (Å²) in [7, 11) is 2.09. The summed E-state index contributed by atoms with van der Waals surface area (Å²) >= 11 is 0. The third kappa shape index (κ3) is 3.57. The van der Waals surface area contributed by atoms with Crippen LogP contribution < -0.4 is 5.73 Å². The lowest BCUT2D eigenvalue weighted by molar-refractivity contribution is -0.114. The van der Waals surface area contributed by atoms with Gasteiger partial charge in [0.05, 0.1) is 0 Å². The van der Waals surface area contributed by atoms with Crippen molar-refractivity contribution < 1.29 is 4.79 Å². The van der Waals surface area contributed by atoms with Crippen molar-refractivity contribution in [1.29, 1.82) is 0 Å². The van der Waals surface area contributed by atoms with E-state index in [4.69, 9.17) is 5.73 Å². The molecule has 2 N–H and O–H groups in total. The molecule has 0 aromatic rings. The van der Waals surface area contributed by atoms with E-state index in [1.165, 1.54) is 24.8 Å². The maximum atomic E-state index is 11.6. The molecule has 1 amide bonds. The lowest BCUT2D eigenvalue weighted by Crippen LogP contribution is -2.24. The van der Waals surface area contributed by atoms with Gasteiger partial charge in [0.2, 0.25) is 0 Å². The number of likely N-dealkylation sites (N-methyl/N-ethyl adjacent to an activating group) is 1. The molecule has 0 aromatic heterocycles. The molecule has 110 valence electrons. The number of nitrogens with two attached hydrogens (primary N) is 1. The molecule has 0 radical (unpaired) electrons. The van der Waals surface area contributed by atoms with Crippen molar-refractivity contribution in [3.63, 3.8) is 0 Å². The van der Waals surface area contributed by atoms with Crippen molar-refractivity contribution in [3.05, 3.63) is 22.9 Å². The first-order valence-electron chi connectivity index (χ1n) is 7.59. The first kappa shape index (κ1) is 15.0. The lowest BCUT2D eigenvalue weighted by Gasteiger charge is -2.17. The minimum atomic E-state index is -0.391. The second-order valence-electron chi connectivity index (χ2n) is 5.76. The number of aliphatic imine (C=N–C) groups is 1. The van der Waals surface area contributed by atoms with Gasteiger partial charge in [0.1, 0.15) is 5.70 Å². The van der Waals surface area contributed by atoms with Crippen molar-refractivity contribution in [3.8, 4) is 0 Å². The Balaban J connectivity index is 2.04. The highest BCUT2D eigenvalue weighted by Crippen LogP contribution is 2.29. The van der Waals surface area contributed by atoms with Gasteiger partial charge < -0.3 is 10.6 Å². The number of hydrogen-bond donors (Lipinski definition) is 1. The minimum Gasteiger partial charge on any atom is -0.364 e. The van der Waals surface area contributed by atoms with Crippen LogP contribution in [0.5, 0.6) is 0 Å². The van der Waals surface area contributed by atoms with Gasteiger partial charge in [-0.05, 0) is 50.4 Å². The standard InChI is InChI=1S/C16H25N3O/c1-3-4-9-19(2)11-13-10-14(12-7-5-6-8-12)18-15(13)16(17)20/h7H,3-6,8-11H2,1-2H3,(H2,17,20). The molecule has 4 heteroatoms. The summed E-state index contributed by atoms with van der Waals surface area (Å²) in [6.07, 6.45) is 8.82. The third-order valence-corrected chi connectivity index (χ3v) is 3.96. The summed E-state index contributed by atoms with van der Waals surface area (Å²) in [5.74, 6) is -0.391. The molecule has 0 saturated carbocycles. The number of carbonyl (C=O) groups excluding carboxylic acids is 1. The molecular weight excluding hydrogens is 250 g/mol. The van der Waals surface area contributed by atoms with E-state index in [0.717, 1.165) is 43.6 Å². The molecule has 1 aliphatic heterocycles. The Morgan fingerprint density at radius 1 is 1.50 bits per heavy atom. The molecule has 0 atom stereocenters. The highest BCUT2D eigenvalue weighted by molar-refractivity contribution is 6.09. The molecule has 2 aliphatic rings. The van der Waals surface area contributed by atoms with Gasteiger partial charge in [0.15, 0.2) is 0 Å². The molecule has 0 unspecified atom stereocenters. The van der Waals surface area contributed by atoms with E-state index >= 15 is 0 Å². The second-order valence-corrected chi connectivity index (χ2v) is 5.76. The molecule has 1 aliphatic carbocycles. The van der Waals surface area contributed by atoms with Gasteiger partial charge in [-0.15, -0.1) is 0 Å². The number of amides is 1. The van der Waals surface area contributed by atoms with E-state index in [1.807, 2.05) is 0 Å². The third-order valence-electron chi connectivity index (χ3n) is 3.96. The molecule has 0 fully saturated rings. The lowest BCUT2D eigenvalue weighted by atomic mass is 10.0. The molecular formula is C16H25N3O. The monoisotopic (exact) mass is 275 g/mol. The van der Waals surface area contributed by atoms with E-state index in [9.17, 15) is 4.79 Å². The Morgan fingerprint density at radius 2 is 2.30 bits per heavy atom. The fraction of sp³-hybridized carbons (Fsp3) is 0.625. The Bertz CT molecular complexity index is 474. The zero-order chi connectivity index (χ0) is 14.5. The van der Waals surface area contributed by atoms with Crippen LogP contribution in [0.3, 0.4) is 0 Å². The molecule has 2 rings (SSSR count). The highest BCUT2D eigenvalue weighted by atomic mass is 16.1. The van der Waals surface area contributed by atoms with Crippen LogP contribution in [0, 0.1) is 0 Å². The van der Waals surface area contributed by atoms with Crippen LogP contribution in [0.4, 0.5) is 0 Å². The summed E-state index contributed by atoms with van der Waals surface area (Å²) in [5.41, 5.74) is 9.44. The highest BCUT2D eigenvalue weighted by Gasteiger charge is 2.25. The number of allylic oxidation sites excluding steroid dienone is 2. The van der Waals surface area contributed by atoms with Gasteiger partial charge in [0.25, 0.3) is 5.91 Å². The molecule has 0 saturated heterocycles. The minimum absolute atomic E-state index is 0.391. The largest absolute Gasteiger partial charge is 0.364 e. The normalized spacial score (nSPS) is 18.8. The van der Waals surface area contributed by atoms with Crippen molar-refractivity contribution >= 4 is 11.6 Å². The predicted octanol–water partition coefficient (Wildman–Crippen LogP) is 2.41. The van der Waals surface area contributed by atoms with Crippen LogP contribution in [0.15, 0.2) is 27.9 Å². The summed E-state index contributed by atoms with van der Waals surface area (Å²) < 4.78 is 0. The Kier molecular flexibility index (Phi) is 5.12. The van der Waals surface area contributed by atoms with Gasteiger partial charge in [-0.25, -0.2) is 4.99 Å². The van der Waals surface area contributed by atoms with Crippen molar-refractivity contribution in [2.75, 3.05) is 20.1 Å². The smallest absolute Gasteiger partial charge is 0.267 e. The van der Waals surface area contributed by atoms with E-state index in [0.29, 0.717) is 5.70 Å². The fourth-order valence-electron chi connectivity index (χ4n) is 2.85. The summed E-state index contributed by atoms with van der Waals surface area (Å²) in [4.78, 5) is 18.4. The van der Waals surface area contributed by atoms with Crippen LogP contribution in [-0.4, -0.2) is 36.7 Å². The zero-order valence-electron chi connectivity index (χ0n) is 12.6. The molecule has 0 spiro atoms. The average molecular weight is 275 g/mol. The van der Waals surface area contributed by atoms with E-state index in [-0.39, 0.29) is 0 Å². The van der Waals surface area contributed by atoms with Crippen LogP contribution in [0.2, 0.25) is 0 Å². The number of primary amides is 1. The molecule has 20 heavy (non-hydrogen) atoms. The first-order chi connectivity index (χ1) is 9.61. The maximum Gasteiger partial charge on any atom is 0.267 e. The SMILES string of the molecule is CCCCN(C)CC1=C(C(N)=O)N=C(C2=CCCC2)C1. The molecule has 0 aromatic carbocycles. The van der Waals surface area contributed by atoms with E-state index < -0.39 is 5.91 Å². The van der Waals surface area contributed by atoms with Gasteiger partial charge in [-0.1, -0.05) is 19.4 Å². The maximum absolute atomic E-state index is 11.6. The van der Waals surface area contributed by atoms with Crippen LogP contribution in [-0.2, 0) is 4.79 Å². The second kappa shape index (κ2) is 6.84. The molecule has 0 bridgehead atoms. The van der Waals surface area contributed by atoms with E-state index in [1.54, 1.807) is 0 Å². The van der Waals surface area contributed by atoms with Crippen molar-refractivity contribution in [1.82, 2.24) is 4.90 Å². The Morgan fingerprint density at radius 3 is 2.90 bits per heavy atom. The Hall–Kier alpha value is -1.42. The van der Waals surface area contributed by atoms with Crippen molar-refractivity contribution in [2.24, 2.45) is 10.7 Å². The molecule has 1 heterocycles. The summed E-state index contributed by atoms with van der Waals surface area (Å²) in [5, 5.41) is 0. The van der Waals surface area contributed by atoms with Crippen LogP contribution in [0.1, 0.15) is 45.4 Å². The first-order valence-corrected chi connectivity index (χ1v) is 7.59. The Labute approximate surface area is 121 Å². The van der Waals surface area contributed by atoms with Crippen LogP contribution in [0.25, 0.3) is 0 Å². The molecule has 4 nitrogen and oxygen atoms in total. The van der Waals surface area contributed by atoms with Gasteiger partial charge in [-0.3, -0.25) is 4.79 Å². The average Bonchev–Trinajstić information content (AvgIpc) is 3.04. The quantitative estimate of drug-likeness (QED) is 0.775. The topological polar surface area (TPSA) is 58.7 Å². The number of carbonyl (C=O) groups is 1. The fourth-order valence-corrected chi connectivity index (χ4v) is 2.85. The number of rotatable bonds is 7. The number of nitrogens with zero attached hydrogens (tertiary/aromatic N) is 2. The van der Waals surface area contributed by atoms with Crippen LogP contribution >= 0.6 is 0 Å².